The van der Waals surface area contributed by atoms with Crippen LogP contribution in [-0.2, 0) is 13.8 Å². The predicted octanol–water partition coefficient (Wildman–Crippen LogP) is 4.13. The molecule has 0 spiro atoms. The number of phosphoric acid groups is 1. The maximum atomic E-state index is 15.6. The van der Waals surface area contributed by atoms with E-state index in [2.05, 4.69) is 15.0 Å². The number of aliphatic hydroxyl groups excluding tert-OH is 1. The van der Waals surface area contributed by atoms with Crippen LogP contribution in [0.4, 0.5) is 23.5 Å². The van der Waals surface area contributed by atoms with E-state index in [1.54, 1.807) is 38.1 Å². The lowest BCUT2D eigenvalue weighted by Gasteiger charge is -2.33. The number of ether oxygens (including phenoxy) is 1. The van der Waals surface area contributed by atoms with Crippen molar-refractivity contribution in [3.63, 3.8) is 0 Å². The van der Waals surface area contributed by atoms with Crippen molar-refractivity contribution in [3.8, 4) is 11.5 Å². The van der Waals surface area contributed by atoms with Gasteiger partial charge in [0.25, 0.3) is 12.0 Å². The van der Waals surface area contributed by atoms with E-state index >= 15 is 8.78 Å². The van der Waals surface area contributed by atoms with Crippen molar-refractivity contribution < 1.29 is 45.5 Å². The van der Waals surface area contributed by atoms with Crippen LogP contribution >= 0.6 is 7.82 Å². The number of aromatic amines is 1. The van der Waals surface area contributed by atoms with Crippen molar-refractivity contribution in [1.82, 2.24) is 19.5 Å². The summed E-state index contributed by atoms with van der Waals surface area (Å²) in [7, 11) is -4.96. The average Bonchev–Trinajstić information content (AvgIpc) is 3.43. The molecule has 2 aromatic carbocycles. The molecule has 1 saturated heterocycles. The fourth-order valence-corrected chi connectivity index (χ4v) is 5.47. The second kappa shape index (κ2) is 10.7. The highest BCUT2D eigenvalue weighted by molar-refractivity contribution is 7.49. The van der Waals surface area contributed by atoms with Gasteiger partial charge in [-0.15, -0.1) is 0 Å². The van der Waals surface area contributed by atoms with Gasteiger partial charge in [0.2, 0.25) is 11.5 Å². The van der Waals surface area contributed by atoms with Crippen molar-refractivity contribution in [2.75, 3.05) is 12.3 Å². The highest BCUT2D eigenvalue weighted by atomic mass is 31.2. The van der Waals surface area contributed by atoms with Gasteiger partial charge >= 0.3 is 13.7 Å². The number of imidazole rings is 1. The number of H-pyrrole nitrogens is 1. The molecule has 3 heterocycles. The number of nitrogens with two attached hydrogens (primary N) is 1. The maximum absolute atomic E-state index is 15.6. The molecular formula is C25H24F4N5O7P. The average molecular weight is 613 g/mol. The summed E-state index contributed by atoms with van der Waals surface area (Å²) < 4.78 is 95.7. The molecule has 0 unspecified atom stereocenters. The number of nitrogens with zero attached hydrogens (tertiary/aromatic N) is 3. The van der Waals surface area contributed by atoms with Crippen molar-refractivity contribution in [2.24, 2.45) is 0 Å². The molecule has 5 rings (SSSR count). The number of hydrogen-bond acceptors (Lipinski definition) is 10. The number of anilines is 1. The second-order valence-electron chi connectivity index (χ2n) is 9.57. The van der Waals surface area contributed by atoms with Crippen molar-refractivity contribution >= 4 is 24.9 Å². The molecule has 0 bridgehead atoms. The Bertz CT molecular complexity index is 1650. The normalized spacial score (nSPS) is 22.1. The number of nitrogen functional groups attached to an aromatic ring is 1. The van der Waals surface area contributed by atoms with Crippen LogP contribution in [0.3, 0.4) is 0 Å². The van der Waals surface area contributed by atoms with Gasteiger partial charge in [-0.1, -0.05) is 35.4 Å². The summed E-state index contributed by atoms with van der Waals surface area (Å²) in [4.78, 5) is 21.8. The Morgan fingerprint density at radius 2 is 1.64 bits per heavy atom. The van der Waals surface area contributed by atoms with Crippen LogP contribution in [0, 0.1) is 13.8 Å². The highest BCUT2D eigenvalue weighted by Gasteiger charge is 2.74. The number of hydrogen-bond donors (Lipinski definition) is 3. The van der Waals surface area contributed by atoms with Crippen LogP contribution < -0.4 is 20.3 Å². The lowest BCUT2D eigenvalue weighted by atomic mass is 9.95. The predicted molar refractivity (Wildman–Crippen MR) is 140 cm³/mol. The van der Waals surface area contributed by atoms with Crippen LogP contribution in [0.25, 0.3) is 11.2 Å². The Balaban J connectivity index is 1.50. The zero-order chi connectivity index (χ0) is 30.4. The van der Waals surface area contributed by atoms with Gasteiger partial charge in [0, 0.05) is 0 Å². The molecular weight excluding hydrogens is 589 g/mol. The molecule has 4 aromatic rings. The fraction of sp³-hybridized carbons (Fsp3) is 0.320. The summed E-state index contributed by atoms with van der Waals surface area (Å²) in [5, 5.41) is 10.5. The summed E-state index contributed by atoms with van der Waals surface area (Å²) >= 11 is 0. The molecule has 224 valence electrons. The van der Waals surface area contributed by atoms with Crippen LogP contribution in [0.5, 0.6) is 11.5 Å². The minimum atomic E-state index is -4.96. The number of aliphatic hydroxyl groups is 1. The number of nitrogens with one attached hydrogen (secondary N) is 1. The van der Waals surface area contributed by atoms with Crippen LogP contribution in [0.2, 0.25) is 0 Å². The fourth-order valence-electron chi connectivity index (χ4n) is 4.22. The van der Waals surface area contributed by atoms with E-state index in [0.717, 1.165) is 17.5 Å². The molecule has 0 amide bonds. The van der Waals surface area contributed by atoms with E-state index in [1.807, 2.05) is 0 Å². The number of phosphoric ester groups is 1. The Hall–Kier alpha value is -3.98. The van der Waals surface area contributed by atoms with Gasteiger partial charge < -0.3 is 24.6 Å². The van der Waals surface area contributed by atoms with Crippen LogP contribution in [0.15, 0.2) is 59.7 Å². The molecule has 3 atom stereocenters. The van der Waals surface area contributed by atoms with Gasteiger partial charge in [-0.2, -0.15) is 13.8 Å². The zero-order valence-electron chi connectivity index (χ0n) is 21.9. The lowest BCUT2D eigenvalue weighted by molar-refractivity contribution is -0.242. The lowest BCUT2D eigenvalue weighted by Crippen LogP contribution is -2.57. The van der Waals surface area contributed by atoms with E-state index < -0.39 is 61.9 Å². The number of aromatic nitrogens is 4. The molecule has 4 N–H and O–H groups in total. The smallest absolute Gasteiger partial charge is 0.395 e. The first-order valence-corrected chi connectivity index (χ1v) is 13.7. The van der Waals surface area contributed by atoms with Gasteiger partial charge in [-0.25, -0.2) is 18.3 Å². The topological polar surface area (TPSA) is 164 Å². The Morgan fingerprint density at radius 1 is 1.10 bits per heavy atom. The number of aryl methyl sites for hydroxylation is 2. The summed E-state index contributed by atoms with van der Waals surface area (Å²) in [6.07, 6.45) is -8.38. The van der Waals surface area contributed by atoms with E-state index in [0.29, 0.717) is 4.57 Å². The third kappa shape index (κ3) is 5.22. The Kier molecular flexibility index (Phi) is 7.51. The number of alkyl halides is 4. The molecule has 0 radical (unpaired) electrons. The van der Waals surface area contributed by atoms with Crippen molar-refractivity contribution in [3.05, 3.63) is 76.3 Å². The minimum Gasteiger partial charge on any atom is -0.395 e. The molecule has 17 heteroatoms. The van der Waals surface area contributed by atoms with Gasteiger partial charge in [0.05, 0.1) is 6.33 Å². The van der Waals surface area contributed by atoms with Crippen molar-refractivity contribution in [1.29, 1.82) is 0 Å². The summed E-state index contributed by atoms with van der Waals surface area (Å²) in [6, 6.07) is 11.9. The molecule has 0 aliphatic carbocycles. The highest BCUT2D eigenvalue weighted by Crippen LogP contribution is 2.56. The van der Waals surface area contributed by atoms with E-state index in [1.165, 1.54) is 24.3 Å². The zero-order valence-corrected chi connectivity index (χ0v) is 22.8. The van der Waals surface area contributed by atoms with E-state index in [-0.39, 0.29) is 17.0 Å². The largest absolute Gasteiger partial charge is 0.587 e. The Morgan fingerprint density at radius 3 is 2.17 bits per heavy atom. The molecule has 1 fully saturated rings. The number of fused-ring (bicyclic) bond motifs is 1. The summed E-state index contributed by atoms with van der Waals surface area (Å²) in [6.45, 7) is 1.77. The number of halogens is 4. The Labute approximate surface area is 234 Å². The second-order valence-corrected chi connectivity index (χ2v) is 11.1. The molecule has 42 heavy (non-hydrogen) atoms. The summed E-state index contributed by atoms with van der Waals surface area (Å²) in [5.41, 5.74) is 1.62. The monoisotopic (exact) mass is 613 g/mol. The third-order valence-electron chi connectivity index (χ3n) is 6.53. The first-order chi connectivity index (χ1) is 19.7. The molecule has 1 aliphatic heterocycles. The third-order valence-corrected chi connectivity index (χ3v) is 7.84. The van der Waals surface area contributed by atoms with Crippen LogP contribution in [0.1, 0.15) is 17.4 Å². The van der Waals surface area contributed by atoms with Gasteiger partial charge in [0.15, 0.2) is 23.5 Å². The SMILES string of the molecule is Cc1ccc(OP(=O)(OC[C@@]2(C(F)F)O[C@@H](n3cnc4c(=O)[nH]c(N)nc43)[C@H](O)C2(F)F)Oc2ccc(C)cc2)cc1. The summed E-state index contributed by atoms with van der Waals surface area (Å²) in [5.74, 6) is -5.29. The number of benzene rings is 2. The molecule has 0 saturated carbocycles. The molecule has 2 aromatic heterocycles. The molecule has 1 aliphatic rings. The molecule has 12 nitrogen and oxygen atoms in total. The quantitative estimate of drug-likeness (QED) is 0.185. The minimum absolute atomic E-state index is 0.0714. The number of rotatable bonds is 9. The van der Waals surface area contributed by atoms with Gasteiger partial charge in [-0.3, -0.25) is 18.9 Å². The van der Waals surface area contributed by atoms with E-state index in [9.17, 15) is 23.2 Å². The maximum Gasteiger partial charge on any atom is 0.587 e. The first kappa shape index (κ1) is 29.5. The van der Waals surface area contributed by atoms with Crippen molar-refractivity contribution in [2.45, 2.75) is 44.1 Å². The van der Waals surface area contributed by atoms with Gasteiger partial charge in [-0.05, 0) is 38.1 Å². The van der Waals surface area contributed by atoms with Crippen LogP contribution in [-0.4, -0.2) is 55.3 Å². The van der Waals surface area contributed by atoms with E-state index in [4.69, 9.17) is 24.0 Å². The standard InChI is InChI=1S/C25H24F4N5O7P/c1-13-3-7-15(8-4-13)40-42(37,41-16-9-5-14(2)6-10-16)38-11-24(22(26)27)25(28,29)18(35)21(39-24)34-12-31-17-19(34)32-23(30)33-20(17)36/h3-10,12,18,21-22,35H,11H2,1-2H3,(H3,30,32,33,36)/t18-,21+,24-/m0/s1. The first-order valence-electron chi connectivity index (χ1n) is 12.3. The van der Waals surface area contributed by atoms with Gasteiger partial charge in [0.1, 0.15) is 18.1 Å².